The fourth-order valence-electron chi connectivity index (χ4n) is 1.39. The highest BCUT2D eigenvalue weighted by Crippen LogP contribution is 2.20. The number of ether oxygens (including phenoxy) is 1. The van der Waals surface area contributed by atoms with Crippen molar-refractivity contribution >= 4 is 5.91 Å². The lowest BCUT2D eigenvalue weighted by molar-refractivity contribution is 0.0944. The van der Waals surface area contributed by atoms with Crippen molar-refractivity contribution in [1.29, 1.82) is 5.26 Å². The molecule has 0 radical (unpaired) electrons. The van der Waals surface area contributed by atoms with Crippen LogP contribution >= 0.6 is 0 Å². The highest BCUT2D eigenvalue weighted by Gasteiger charge is 2.10. The number of nitrogens with zero attached hydrogens (tertiary/aromatic N) is 1. The van der Waals surface area contributed by atoms with Crippen molar-refractivity contribution in [2.24, 2.45) is 0 Å². The molecule has 0 aliphatic rings. The van der Waals surface area contributed by atoms with E-state index in [4.69, 9.17) is 15.1 Å². The first-order valence-electron chi connectivity index (χ1n) is 6.68. The Morgan fingerprint density at radius 2 is 2.10 bits per heavy atom. The Morgan fingerprint density at radius 1 is 1.45 bits per heavy atom. The van der Waals surface area contributed by atoms with E-state index in [1.807, 2.05) is 33.8 Å². The van der Waals surface area contributed by atoms with Crippen LogP contribution in [-0.4, -0.2) is 30.3 Å². The van der Waals surface area contributed by atoms with E-state index >= 15 is 0 Å². The van der Waals surface area contributed by atoms with Gasteiger partial charge in [0.1, 0.15) is 11.8 Å². The molecule has 0 aliphatic carbocycles. The summed E-state index contributed by atoms with van der Waals surface area (Å²) < 4.78 is 5.46. The summed E-state index contributed by atoms with van der Waals surface area (Å²) in [4.78, 5) is 11.6. The van der Waals surface area contributed by atoms with Crippen molar-refractivity contribution in [3.05, 3.63) is 29.3 Å². The van der Waals surface area contributed by atoms with Crippen LogP contribution in [0.3, 0.4) is 0 Å². The number of aliphatic hydroxyl groups excluding tert-OH is 1. The van der Waals surface area contributed by atoms with Crippen LogP contribution in [0.25, 0.3) is 0 Å². The van der Waals surface area contributed by atoms with Gasteiger partial charge in [-0.2, -0.15) is 5.26 Å². The molecule has 0 spiro atoms. The van der Waals surface area contributed by atoms with Crippen LogP contribution in [0.5, 0.6) is 5.75 Å². The fourth-order valence-corrected chi connectivity index (χ4v) is 1.39. The van der Waals surface area contributed by atoms with Crippen molar-refractivity contribution in [2.75, 3.05) is 13.2 Å². The zero-order chi connectivity index (χ0) is 15.5. The minimum absolute atomic E-state index is 0.0360. The minimum atomic E-state index is -0.323. The van der Waals surface area contributed by atoms with Crippen LogP contribution in [0.15, 0.2) is 18.2 Å². The molecule has 5 heteroatoms. The van der Waals surface area contributed by atoms with E-state index in [9.17, 15) is 4.79 Å². The van der Waals surface area contributed by atoms with Gasteiger partial charge in [-0.1, -0.05) is 13.8 Å². The SMILES string of the molecule is CC.CC(C)Oc1ccc(C(=O)NCCO)cc1C#N. The third-order valence-corrected chi connectivity index (χ3v) is 2.12. The van der Waals surface area contributed by atoms with E-state index in [-0.39, 0.29) is 25.2 Å². The van der Waals surface area contributed by atoms with E-state index < -0.39 is 0 Å². The second-order valence-corrected chi connectivity index (χ2v) is 3.97. The molecule has 0 saturated carbocycles. The average Bonchev–Trinajstić information content (AvgIpc) is 2.46. The number of rotatable bonds is 5. The van der Waals surface area contributed by atoms with Crippen molar-refractivity contribution in [2.45, 2.75) is 33.8 Å². The molecule has 1 aromatic carbocycles. The molecule has 0 fully saturated rings. The predicted octanol–water partition coefficient (Wildman–Crippen LogP) is 2.09. The Kier molecular flexibility index (Phi) is 8.80. The van der Waals surface area contributed by atoms with Gasteiger partial charge in [0.05, 0.1) is 18.3 Å². The second-order valence-electron chi connectivity index (χ2n) is 3.97. The Balaban J connectivity index is 0.00000172. The number of hydrogen-bond donors (Lipinski definition) is 2. The molecule has 0 aromatic heterocycles. The lowest BCUT2D eigenvalue weighted by Crippen LogP contribution is -2.26. The molecule has 1 rings (SSSR count). The monoisotopic (exact) mass is 278 g/mol. The normalized spacial score (nSPS) is 9.25. The molecule has 20 heavy (non-hydrogen) atoms. The lowest BCUT2D eigenvalue weighted by atomic mass is 10.1. The summed E-state index contributed by atoms with van der Waals surface area (Å²) in [6.07, 6.45) is -0.0360. The molecular formula is C15H22N2O3. The maximum Gasteiger partial charge on any atom is 0.251 e. The van der Waals surface area contributed by atoms with Gasteiger partial charge in [-0.15, -0.1) is 0 Å². The van der Waals surface area contributed by atoms with Crippen molar-refractivity contribution in [1.82, 2.24) is 5.32 Å². The van der Waals surface area contributed by atoms with Crippen LogP contribution in [0.2, 0.25) is 0 Å². The first kappa shape index (κ1) is 17.9. The summed E-state index contributed by atoms with van der Waals surface area (Å²) in [7, 11) is 0. The summed E-state index contributed by atoms with van der Waals surface area (Å²) in [5.41, 5.74) is 0.691. The highest BCUT2D eigenvalue weighted by molar-refractivity contribution is 5.94. The molecular weight excluding hydrogens is 256 g/mol. The van der Waals surface area contributed by atoms with Crippen molar-refractivity contribution in [3.8, 4) is 11.8 Å². The van der Waals surface area contributed by atoms with Crippen molar-refractivity contribution < 1.29 is 14.6 Å². The number of carbonyl (C=O) groups is 1. The van der Waals surface area contributed by atoms with Gasteiger partial charge in [-0.3, -0.25) is 4.79 Å². The summed E-state index contributed by atoms with van der Waals surface area (Å²) in [5.74, 6) is 0.142. The fraction of sp³-hybridized carbons (Fsp3) is 0.467. The minimum Gasteiger partial charge on any atom is -0.490 e. The molecule has 1 amide bonds. The Morgan fingerprint density at radius 3 is 2.60 bits per heavy atom. The summed E-state index contributed by atoms with van der Waals surface area (Å²) >= 11 is 0. The van der Waals surface area contributed by atoms with Crippen LogP contribution < -0.4 is 10.1 Å². The predicted molar refractivity (Wildman–Crippen MR) is 77.7 cm³/mol. The number of benzene rings is 1. The van der Waals surface area contributed by atoms with Gasteiger partial charge in [0.25, 0.3) is 5.91 Å². The van der Waals surface area contributed by atoms with Crippen LogP contribution in [0.4, 0.5) is 0 Å². The van der Waals surface area contributed by atoms with Gasteiger partial charge in [-0.05, 0) is 32.0 Å². The zero-order valence-electron chi connectivity index (χ0n) is 12.4. The van der Waals surface area contributed by atoms with Crippen LogP contribution in [0.1, 0.15) is 43.6 Å². The smallest absolute Gasteiger partial charge is 0.251 e. The molecule has 0 unspecified atom stereocenters. The molecule has 1 aromatic rings. The highest BCUT2D eigenvalue weighted by atomic mass is 16.5. The van der Waals surface area contributed by atoms with Crippen LogP contribution in [-0.2, 0) is 0 Å². The standard InChI is InChI=1S/C13H16N2O3.C2H6/c1-9(2)18-12-4-3-10(7-11(12)8-14)13(17)15-5-6-16;1-2/h3-4,7,9,16H,5-6H2,1-2H3,(H,15,17);1-2H3. The van der Waals surface area contributed by atoms with Gasteiger partial charge in [0.15, 0.2) is 0 Å². The zero-order valence-corrected chi connectivity index (χ0v) is 12.4. The molecule has 110 valence electrons. The Bertz CT molecular complexity index is 465. The third kappa shape index (κ3) is 5.72. The number of hydrogen-bond acceptors (Lipinski definition) is 4. The van der Waals surface area contributed by atoms with Gasteiger partial charge >= 0.3 is 0 Å². The first-order valence-corrected chi connectivity index (χ1v) is 6.68. The van der Waals surface area contributed by atoms with Gasteiger partial charge < -0.3 is 15.2 Å². The van der Waals surface area contributed by atoms with Gasteiger partial charge in [0.2, 0.25) is 0 Å². The van der Waals surface area contributed by atoms with Crippen molar-refractivity contribution in [3.63, 3.8) is 0 Å². The maximum atomic E-state index is 11.6. The first-order chi connectivity index (χ1) is 9.58. The summed E-state index contributed by atoms with van der Waals surface area (Å²) in [5, 5.41) is 20.2. The summed E-state index contributed by atoms with van der Waals surface area (Å²) in [6.45, 7) is 7.79. The van der Waals surface area contributed by atoms with E-state index in [0.29, 0.717) is 16.9 Å². The molecule has 5 nitrogen and oxygen atoms in total. The number of amides is 1. The van der Waals surface area contributed by atoms with Gasteiger partial charge in [-0.25, -0.2) is 0 Å². The van der Waals surface area contributed by atoms with Gasteiger partial charge in [0, 0.05) is 12.1 Å². The summed E-state index contributed by atoms with van der Waals surface area (Å²) in [6, 6.07) is 6.67. The maximum absolute atomic E-state index is 11.6. The van der Waals surface area contributed by atoms with E-state index in [1.54, 1.807) is 12.1 Å². The largest absolute Gasteiger partial charge is 0.490 e. The molecule has 0 aliphatic heterocycles. The molecule has 0 saturated heterocycles. The molecule has 0 bridgehead atoms. The number of nitrogens with one attached hydrogen (secondary N) is 1. The molecule has 0 atom stereocenters. The number of carbonyl (C=O) groups excluding carboxylic acids is 1. The quantitative estimate of drug-likeness (QED) is 0.864. The molecule has 0 heterocycles. The number of aliphatic hydroxyl groups is 1. The number of nitriles is 1. The Labute approximate surface area is 120 Å². The third-order valence-electron chi connectivity index (χ3n) is 2.12. The lowest BCUT2D eigenvalue weighted by Gasteiger charge is -2.12. The second kappa shape index (κ2) is 9.82. The average molecular weight is 278 g/mol. The molecule has 2 N–H and O–H groups in total. The topological polar surface area (TPSA) is 82.3 Å². The van der Waals surface area contributed by atoms with E-state index in [2.05, 4.69) is 5.32 Å². The van der Waals surface area contributed by atoms with E-state index in [0.717, 1.165) is 0 Å². The van der Waals surface area contributed by atoms with Crippen LogP contribution in [0, 0.1) is 11.3 Å². The Hall–Kier alpha value is -2.06. The van der Waals surface area contributed by atoms with E-state index in [1.165, 1.54) is 6.07 Å².